The number of aliphatic imine (C=N–C) groups is 2. The molecule has 1 N–H and O–H groups in total. The molecule has 0 saturated carbocycles. The van der Waals surface area contributed by atoms with Crippen molar-refractivity contribution in [3.8, 4) is 28.7 Å². The van der Waals surface area contributed by atoms with E-state index >= 15 is 0 Å². The zero-order valence-corrected chi connectivity index (χ0v) is 38.6. The van der Waals surface area contributed by atoms with Crippen LogP contribution in [0.1, 0.15) is 17.3 Å². The normalized spacial score (nSPS) is 14.0. The van der Waals surface area contributed by atoms with Gasteiger partial charge in [0, 0.05) is 38.2 Å². The Morgan fingerprint density at radius 1 is 0.361 bits per heavy atom. The number of nitrogens with zero attached hydrogens (tertiary/aromatic N) is 7. The number of para-hydroxylation sites is 2. The number of fused-ring (bicyclic) bond motifs is 11. The average Bonchev–Trinajstić information content (AvgIpc) is 3.97. The zero-order valence-electron chi connectivity index (χ0n) is 38.6. The largest absolute Gasteiger partial charge is 0.344 e. The molecule has 0 saturated heterocycles. The number of amidine groups is 1. The van der Waals surface area contributed by atoms with E-state index < -0.39 is 6.17 Å². The van der Waals surface area contributed by atoms with Gasteiger partial charge in [-0.15, -0.1) is 0 Å². The van der Waals surface area contributed by atoms with E-state index in [1.807, 2.05) is 0 Å². The van der Waals surface area contributed by atoms with Crippen molar-refractivity contribution in [1.82, 2.24) is 29.4 Å². The molecule has 11 aromatic carbocycles. The third-order valence-electron chi connectivity index (χ3n) is 14.4. The summed E-state index contributed by atoms with van der Waals surface area (Å²) in [5.74, 6) is 3.04. The summed E-state index contributed by atoms with van der Waals surface area (Å²) in [6, 6.07) is 81.3. The van der Waals surface area contributed by atoms with Crippen LogP contribution in [0.15, 0.2) is 241 Å². The minimum absolute atomic E-state index is 0.437. The van der Waals surface area contributed by atoms with Crippen molar-refractivity contribution >= 4 is 98.5 Å². The van der Waals surface area contributed by atoms with Gasteiger partial charge in [0.25, 0.3) is 0 Å². The molecule has 0 fully saturated rings. The van der Waals surface area contributed by atoms with E-state index in [0.29, 0.717) is 23.6 Å². The third kappa shape index (κ3) is 6.43. The van der Waals surface area contributed by atoms with Crippen molar-refractivity contribution in [3.05, 3.63) is 242 Å². The molecule has 1 atom stereocenters. The molecule has 0 bridgehead atoms. The lowest BCUT2D eigenvalue weighted by atomic mass is 10.0. The van der Waals surface area contributed by atoms with Crippen molar-refractivity contribution in [2.24, 2.45) is 9.98 Å². The standard InChI is InChI=1S/C64H40N8/c1-5-17-43-35-47(29-25-39(43)13-1)59-65-60(48-30-26-40-14-2-6-18-44(40)36-48)68-63(67-59)71-55-24-12-10-22-53(55)57-56(71)34-33-52-51-21-9-11-23-54(51)72(58(52)57)64-69-61(49-31-27-41-15-3-7-19-45(41)37-49)66-62(70-64)50-32-28-42-16-4-8-20-46(42)38-50/h1-38,61H,(H,66,69,70). The van der Waals surface area contributed by atoms with Gasteiger partial charge in [0.2, 0.25) is 11.9 Å². The van der Waals surface area contributed by atoms with Crippen molar-refractivity contribution in [3.63, 3.8) is 0 Å². The molecule has 8 nitrogen and oxygen atoms in total. The summed E-state index contributed by atoms with van der Waals surface area (Å²) < 4.78 is 4.48. The van der Waals surface area contributed by atoms with Crippen molar-refractivity contribution in [2.75, 3.05) is 0 Å². The molecule has 4 heterocycles. The summed E-state index contributed by atoms with van der Waals surface area (Å²) in [6.45, 7) is 0. The first-order chi connectivity index (χ1) is 35.6. The Morgan fingerprint density at radius 2 is 0.847 bits per heavy atom. The summed E-state index contributed by atoms with van der Waals surface area (Å²) in [4.78, 5) is 27.1. The fourth-order valence-corrected chi connectivity index (χ4v) is 10.9. The lowest BCUT2D eigenvalue weighted by molar-refractivity contribution is 0.669. The van der Waals surface area contributed by atoms with Crippen LogP contribution in [0.4, 0.5) is 0 Å². The van der Waals surface area contributed by atoms with Crippen LogP contribution >= 0.6 is 0 Å². The van der Waals surface area contributed by atoms with E-state index in [-0.39, 0.29) is 0 Å². The van der Waals surface area contributed by atoms with Crippen LogP contribution in [0, 0.1) is 0 Å². The molecule has 3 aromatic heterocycles. The van der Waals surface area contributed by atoms with E-state index in [9.17, 15) is 0 Å². The Hall–Kier alpha value is -9.79. The predicted octanol–water partition coefficient (Wildman–Crippen LogP) is 15.0. The molecule has 0 aliphatic carbocycles. The molecule has 0 amide bonds. The lowest BCUT2D eigenvalue weighted by Crippen LogP contribution is -2.35. The molecule has 336 valence electrons. The van der Waals surface area contributed by atoms with Crippen LogP contribution in [0.5, 0.6) is 0 Å². The second kappa shape index (κ2) is 15.9. The van der Waals surface area contributed by atoms with Crippen LogP contribution in [0.3, 0.4) is 0 Å². The third-order valence-corrected chi connectivity index (χ3v) is 14.4. The Kier molecular flexibility index (Phi) is 8.85. The summed E-state index contributed by atoms with van der Waals surface area (Å²) in [5.41, 5.74) is 7.77. The Bertz CT molecular complexity index is 4540. The van der Waals surface area contributed by atoms with Crippen LogP contribution < -0.4 is 5.32 Å². The second-order valence-electron chi connectivity index (χ2n) is 18.6. The maximum atomic E-state index is 5.57. The molecule has 14 aromatic rings. The van der Waals surface area contributed by atoms with Gasteiger partial charge in [-0.1, -0.05) is 188 Å². The summed E-state index contributed by atoms with van der Waals surface area (Å²) >= 11 is 0. The Labute approximate surface area is 412 Å². The molecular formula is C64H40N8. The summed E-state index contributed by atoms with van der Waals surface area (Å²) in [7, 11) is 0. The number of hydrogen-bond acceptors (Lipinski definition) is 6. The number of nitrogens with one attached hydrogen (secondary N) is 1. The highest BCUT2D eigenvalue weighted by molar-refractivity contribution is 6.28. The van der Waals surface area contributed by atoms with Crippen LogP contribution in [0.2, 0.25) is 0 Å². The average molecular weight is 921 g/mol. The molecule has 8 heteroatoms. The van der Waals surface area contributed by atoms with E-state index in [1.54, 1.807) is 0 Å². The SMILES string of the molecule is c1ccc2cc(C3=NC(n4c5ccccc5c5ccc6c(c7ccccc7n6-c6nc(-c7ccc8ccccc8c7)nc(-c7ccc8ccccc8c7)n6)c54)=NC(c4ccc5ccccc5c4)N3)ccc2c1. The molecule has 0 radical (unpaired) electrons. The van der Waals surface area contributed by atoms with Crippen LogP contribution in [-0.2, 0) is 0 Å². The van der Waals surface area contributed by atoms with Crippen molar-refractivity contribution in [2.45, 2.75) is 6.17 Å². The van der Waals surface area contributed by atoms with Gasteiger partial charge in [-0.3, -0.25) is 9.13 Å². The molecule has 0 spiro atoms. The van der Waals surface area contributed by atoms with Gasteiger partial charge in [-0.25, -0.2) is 9.98 Å². The van der Waals surface area contributed by atoms with Gasteiger partial charge in [0.05, 0.1) is 22.1 Å². The monoisotopic (exact) mass is 920 g/mol. The first-order valence-corrected chi connectivity index (χ1v) is 24.3. The molecule has 15 rings (SSSR count). The van der Waals surface area contributed by atoms with Crippen LogP contribution in [0.25, 0.3) is 115 Å². The zero-order chi connectivity index (χ0) is 47.3. The molecule has 1 unspecified atom stereocenters. The predicted molar refractivity (Wildman–Crippen MR) is 296 cm³/mol. The van der Waals surface area contributed by atoms with E-state index in [4.69, 9.17) is 24.9 Å². The highest BCUT2D eigenvalue weighted by Gasteiger charge is 2.27. The van der Waals surface area contributed by atoms with Crippen LogP contribution in [-0.4, -0.2) is 35.9 Å². The van der Waals surface area contributed by atoms with Gasteiger partial charge in [0.1, 0.15) is 12.0 Å². The molecular weight excluding hydrogens is 881 g/mol. The molecule has 1 aliphatic heterocycles. The van der Waals surface area contributed by atoms with Gasteiger partial charge < -0.3 is 5.32 Å². The van der Waals surface area contributed by atoms with Crippen molar-refractivity contribution < 1.29 is 0 Å². The maximum absolute atomic E-state index is 5.57. The van der Waals surface area contributed by atoms with E-state index in [0.717, 1.165) is 104 Å². The minimum atomic E-state index is -0.437. The minimum Gasteiger partial charge on any atom is -0.344 e. The van der Waals surface area contributed by atoms with Gasteiger partial charge in [-0.05, 0) is 91.1 Å². The van der Waals surface area contributed by atoms with Gasteiger partial charge >= 0.3 is 0 Å². The Morgan fingerprint density at radius 3 is 1.46 bits per heavy atom. The Balaban J connectivity index is 1.000. The molecule has 1 aliphatic rings. The fraction of sp³-hybridized carbons (Fsp3) is 0.0156. The first-order valence-electron chi connectivity index (χ1n) is 24.3. The van der Waals surface area contributed by atoms with Gasteiger partial charge in [0.15, 0.2) is 11.6 Å². The van der Waals surface area contributed by atoms with Gasteiger partial charge in [-0.2, -0.15) is 15.0 Å². The molecule has 72 heavy (non-hydrogen) atoms. The van der Waals surface area contributed by atoms with E-state index in [1.165, 1.54) is 10.8 Å². The lowest BCUT2D eigenvalue weighted by Gasteiger charge is -2.25. The quantitative estimate of drug-likeness (QED) is 0.186. The van der Waals surface area contributed by atoms with E-state index in [2.05, 4.69) is 245 Å². The highest BCUT2D eigenvalue weighted by atomic mass is 15.3. The first kappa shape index (κ1) is 40.1. The number of hydrogen-bond donors (Lipinski definition) is 1. The number of rotatable bonds is 5. The topological polar surface area (TPSA) is 85.3 Å². The number of aromatic nitrogens is 5. The highest BCUT2D eigenvalue weighted by Crippen LogP contribution is 2.42. The smallest absolute Gasteiger partial charge is 0.238 e. The summed E-state index contributed by atoms with van der Waals surface area (Å²) in [5, 5.41) is 17.3. The van der Waals surface area contributed by atoms with Crippen molar-refractivity contribution in [1.29, 1.82) is 0 Å². The maximum Gasteiger partial charge on any atom is 0.238 e. The second-order valence-corrected chi connectivity index (χ2v) is 18.6. The number of benzene rings is 11. The fourth-order valence-electron chi connectivity index (χ4n) is 10.9. The summed E-state index contributed by atoms with van der Waals surface area (Å²) in [6.07, 6.45) is -0.437.